The number of ether oxygens (including phenoxy) is 1. The zero-order chi connectivity index (χ0) is 33.3. The van der Waals surface area contributed by atoms with E-state index in [1.54, 1.807) is 31.2 Å². The molecule has 4 rings (SSSR count). The molecule has 1 unspecified atom stereocenters. The van der Waals surface area contributed by atoms with Gasteiger partial charge in [-0.3, -0.25) is 13.9 Å². The van der Waals surface area contributed by atoms with E-state index in [-0.39, 0.29) is 36.1 Å². The molecule has 0 aromatic heterocycles. The van der Waals surface area contributed by atoms with Gasteiger partial charge >= 0.3 is 0 Å². The number of carbonyl (C=O) groups is 2. The number of halogens is 1. The molecule has 4 aromatic carbocycles. The second-order valence-corrected chi connectivity index (χ2v) is 14.1. The van der Waals surface area contributed by atoms with Gasteiger partial charge in [0.05, 0.1) is 17.2 Å². The first-order valence-electron chi connectivity index (χ1n) is 15.1. The van der Waals surface area contributed by atoms with Crippen LogP contribution in [-0.2, 0) is 32.6 Å². The van der Waals surface area contributed by atoms with Gasteiger partial charge in [-0.05, 0) is 75.2 Å². The van der Waals surface area contributed by atoms with E-state index in [2.05, 4.69) is 5.32 Å². The Morgan fingerprint density at radius 3 is 1.98 bits per heavy atom. The van der Waals surface area contributed by atoms with Gasteiger partial charge in [0, 0.05) is 23.5 Å². The smallest absolute Gasteiger partial charge is 0.264 e. The van der Waals surface area contributed by atoms with Gasteiger partial charge in [-0.2, -0.15) is 0 Å². The predicted octanol–water partition coefficient (Wildman–Crippen LogP) is 6.49. The molecule has 1 atom stereocenters. The molecule has 0 spiro atoms. The molecule has 8 nitrogen and oxygen atoms in total. The molecule has 4 aromatic rings. The molecule has 0 saturated carbocycles. The Morgan fingerprint density at radius 2 is 1.39 bits per heavy atom. The zero-order valence-electron chi connectivity index (χ0n) is 26.5. The number of rotatable bonds is 13. The summed E-state index contributed by atoms with van der Waals surface area (Å²) >= 11 is 6.08. The van der Waals surface area contributed by atoms with E-state index in [1.807, 2.05) is 81.4 Å². The topological polar surface area (TPSA) is 96.0 Å². The molecule has 0 aliphatic carbocycles. The number of anilines is 1. The summed E-state index contributed by atoms with van der Waals surface area (Å²) < 4.78 is 35.4. The van der Waals surface area contributed by atoms with Gasteiger partial charge < -0.3 is 15.0 Å². The van der Waals surface area contributed by atoms with Crippen molar-refractivity contribution in [1.29, 1.82) is 0 Å². The second kappa shape index (κ2) is 15.3. The van der Waals surface area contributed by atoms with Gasteiger partial charge in [-0.25, -0.2) is 8.42 Å². The van der Waals surface area contributed by atoms with Crippen LogP contribution < -0.4 is 14.4 Å². The van der Waals surface area contributed by atoms with Gasteiger partial charge in [0.25, 0.3) is 10.0 Å². The summed E-state index contributed by atoms with van der Waals surface area (Å²) in [4.78, 5) is 30.0. The minimum atomic E-state index is -4.30. The SMILES string of the molecule is CCOc1ccccc1N(CC(=O)N(Cc1ccccc1)C(Cc1ccccc1)C(=O)NC(C)(C)C)S(=O)(=O)c1ccc(Cl)cc1. The maximum absolute atomic E-state index is 14.6. The molecule has 0 heterocycles. The summed E-state index contributed by atoms with van der Waals surface area (Å²) in [5.74, 6) is -0.601. The average Bonchev–Trinajstić information content (AvgIpc) is 3.02. The van der Waals surface area contributed by atoms with E-state index in [0.717, 1.165) is 15.4 Å². The van der Waals surface area contributed by atoms with E-state index >= 15 is 0 Å². The molecule has 242 valence electrons. The summed E-state index contributed by atoms with van der Waals surface area (Å²) in [5, 5.41) is 3.41. The Labute approximate surface area is 277 Å². The molecule has 0 saturated heterocycles. The normalized spacial score (nSPS) is 12.2. The Hall–Kier alpha value is -4.34. The van der Waals surface area contributed by atoms with Crippen molar-refractivity contribution in [2.75, 3.05) is 17.5 Å². The fraction of sp³-hybridized carbons (Fsp3) is 0.278. The van der Waals surface area contributed by atoms with E-state index < -0.39 is 34.1 Å². The number of amides is 2. The summed E-state index contributed by atoms with van der Waals surface area (Å²) in [7, 11) is -4.30. The lowest BCUT2D eigenvalue weighted by Gasteiger charge is -2.35. The molecule has 0 aliphatic rings. The van der Waals surface area contributed by atoms with Crippen molar-refractivity contribution in [3.63, 3.8) is 0 Å². The number of carbonyl (C=O) groups excluding carboxylic acids is 2. The average molecular weight is 662 g/mol. The molecule has 0 radical (unpaired) electrons. The third-order valence-corrected chi connectivity index (χ3v) is 9.11. The van der Waals surface area contributed by atoms with Gasteiger partial charge in [-0.1, -0.05) is 84.4 Å². The van der Waals surface area contributed by atoms with Crippen molar-refractivity contribution in [2.24, 2.45) is 0 Å². The van der Waals surface area contributed by atoms with Gasteiger partial charge in [-0.15, -0.1) is 0 Å². The highest BCUT2D eigenvalue weighted by Gasteiger charge is 2.36. The third-order valence-electron chi connectivity index (χ3n) is 7.08. The number of nitrogens with one attached hydrogen (secondary N) is 1. The molecule has 0 bridgehead atoms. The van der Waals surface area contributed by atoms with Gasteiger partial charge in [0.15, 0.2) is 0 Å². The fourth-order valence-corrected chi connectivity index (χ4v) is 6.53. The monoisotopic (exact) mass is 661 g/mol. The largest absolute Gasteiger partial charge is 0.492 e. The second-order valence-electron chi connectivity index (χ2n) is 11.8. The number of para-hydroxylation sites is 2. The van der Waals surface area contributed by atoms with Crippen molar-refractivity contribution in [1.82, 2.24) is 10.2 Å². The first-order valence-corrected chi connectivity index (χ1v) is 16.9. The quantitative estimate of drug-likeness (QED) is 0.177. The molecule has 46 heavy (non-hydrogen) atoms. The lowest BCUT2D eigenvalue weighted by Crippen LogP contribution is -2.56. The van der Waals surface area contributed by atoms with Crippen LogP contribution >= 0.6 is 11.6 Å². The summed E-state index contributed by atoms with van der Waals surface area (Å²) in [6.07, 6.45) is 0.223. The van der Waals surface area contributed by atoms with Crippen LogP contribution in [0.3, 0.4) is 0 Å². The van der Waals surface area contributed by atoms with Crippen LogP contribution in [0.1, 0.15) is 38.8 Å². The molecular weight excluding hydrogens is 622 g/mol. The van der Waals surface area contributed by atoms with Crippen LogP contribution in [0.15, 0.2) is 114 Å². The minimum absolute atomic E-state index is 0.0445. The number of nitrogens with zero attached hydrogens (tertiary/aromatic N) is 2. The number of hydrogen-bond acceptors (Lipinski definition) is 5. The highest BCUT2D eigenvalue weighted by atomic mass is 35.5. The molecular formula is C36H40ClN3O5S. The van der Waals surface area contributed by atoms with Crippen molar-refractivity contribution >= 4 is 39.1 Å². The lowest BCUT2D eigenvalue weighted by molar-refractivity contribution is -0.140. The molecule has 0 fully saturated rings. The van der Waals surface area contributed by atoms with Crippen LogP contribution in [0.4, 0.5) is 5.69 Å². The minimum Gasteiger partial charge on any atom is -0.492 e. The number of sulfonamides is 1. The predicted molar refractivity (Wildman–Crippen MR) is 182 cm³/mol. The van der Waals surface area contributed by atoms with E-state index in [4.69, 9.17) is 16.3 Å². The van der Waals surface area contributed by atoms with Crippen molar-refractivity contribution in [3.05, 3.63) is 125 Å². The Kier molecular flexibility index (Phi) is 11.5. The third kappa shape index (κ3) is 9.11. The summed E-state index contributed by atoms with van der Waals surface area (Å²) in [6, 6.07) is 30.3. The standard InChI is InChI=1S/C36H40ClN3O5S/c1-5-45-33-19-13-12-18-31(33)40(46(43,44)30-22-20-29(37)21-23-30)26-34(41)39(25-28-16-10-7-11-17-28)32(35(42)38-36(2,3)4)24-27-14-8-6-9-15-27/h6-23,32H,5,24-26H2,1-4H3,(H,38,42). The molecule has 2 amide bonds. The Morgan fingerprint density at radius 1 is 0.826 bits per heavy atom. The molecule has 1 N–H and O–H groups in total. The van der Waals surface area contributed by atoms with E-state index in [9.17, 15) is 18.0 Å². The highest BCUT2D eigenvalue weighted by molar-refractivity contribution is 7.92. The first-order chi connectivity index (χ1) is 21.9. The maximum Gasteiger partial charge on any atom is 0.264 e. The van der Waals surface area contributed by atoms with E-state index in [0.29, 0.717) is 10.8 Å². The summed E-state index contributed by atoms with van der Waals surface area (Å²) in [5.41, 5.74) is 1.27. The molecule has 10 heteroatoms. The van der Waals surface area contributed by atoms with Crippen LogP contribution in [0, 0.1) is 0 Å². The van der Waals surface area contributed by atoms with Crippen LogP contribution in [0.25, 0.3) is 0 Å². The van der Waals surface area contributed by atoms with Crippen LogP contribution in [0.2, 0.25) is 5.02 Å². The van der Waals surface area contributed by atoms with Crippen molar-refractivity contribution < 1.29 is 22.7 Å². The number of hydrogen-bond donors (Lipinski definition) is 1. The van der Waals surface area contributed by atoms with Crippen molar-refractivity contribution in [3.8, 4) is 5.75 Å². The van der Waals surface area contributed by atoms with E-state index in [1.165, 1.54) is 29.2 Å². The summed E-state index contributed by atoms with van der Waals surface area (Å²) in [6.45, 7) is 7.19. The fourth-order valence-electron chi connectivity index (χ4n) is 4.97. The van der Waals surface area contributed by atoms with Gasteiger partial charge in [0.2, 0.25) is 11.8 Å². The maximum atomic E-state index is 14.6. The highest BCUT2D eigenvalue weighted by Crippen LogP contribution is 2.33. The van der Waals surface area contributed by atoms with Crippen LogP contribution in [0.5, 0.6) is 5.75 Å². The van der Waals surface area contributed by atoms with Gasteiger partial charge in [0.1, 0.15) is 18.3 Å². The Balaban J connectivity index is 1.84. The first kappa shape index (κ1) is 34.5. The Bertz CT molecular complexity index is 1710. The van der Waals surface area contributed by atoms with Crippen molar-refractivity contribution in [2.45, 2.75) is 57.1 Å². The zero-order valence-corrected chi connectivity index (χ0v) is 28.1. The lowest BCUT2D eigenvalue weighted by atomic mass is 10.0. The molecule has 0 aliphatic heterocycles. The van der Waals surface area contributed by atoms with Crippen LogP contribution in [-0.4, -0.2) is 49.9 Å². The number of benzene rings is 4.